The van der Waals surface area contributed by atoms with Crippen molar-refractivity contribution in [1.29, 1.82) is 0 Å². The number of benzene rings is 2. The summed E-state index contributed by atoms with van der Waals surface area (Å²) in [5.41, 5.74) is 1.51. The number of esters is 2. The maximum absolute atomic E-state index is 12.0. The van der Waals surface area contributed by atoms with Crippen LogP contribution in [0.4, 0.5) is 0 Å². The molecule has 0 spiro atoms. The van der Waals surface area contributed by atoms with E-state index < -0.39 is 24.0 Å². The zero-order valence-corrected chi connectivity index (χ0v) is 20.4. The van der Waals surface area contributed by atoms with Crippen molar-refractivity contribution in [3.63, 3.8) is 0 Å². The molecule has 2 atom stereocenters. The van der Waals surface area contributed by atoms with Gasteiger partial charge in [0.2, 0.25) is 11.8 Å². The molecule has 2 aromatic carbocycles. The number of rotatable bonds is 11. The van der Waals surface area contributed by atoms with Gasteiger partial charge in [-0.15, -0.1) is 0 Å². The first-order chi connectivity index (χ1) is 16.7. The highest BCUT2D eigenvalue weighted by molar-refractivity contribution is 5.84. The first-order valence-electron chi connectivity index (χ1n) is 10.8. The summed E-state index contributed by atoms with van der Waals surface area (Å²) in [6, 6.07) is 10.5. The van der Waals surface area contributed by atoms with Crippen LogP contribution in [0.25, 0.3) is 0 Å². The summed E-state index contributed by atoms with van der Waals surface area (Å²) in [5, 5.41) is 5.15. The molecule has 0 radical (unpaired) electrons. The Morgan fingerprint density at radius 2 is 1.20 bits per heavy atom. The molecule has 10 heteroatoms. The lowest BCUT2D eigenvalue weighted by Crippen LogP contribution is -2.42. The van der Waals surface area contributed by atoms with Gasteiger partial charge < -0.3 is 29.6 Å². The molecule has 0 aliphatic rings. The van der Waals surface area contributed by atoms with Gasteiger partial charge in [-0.3, -0.25) is 9.59 Å². The van der Waals surface area contributed by atoms with Crippen LogP contribution in [0.2, 0.25) is 0 Å². The molecule has 0 unspecified atom stereocenters. The molecule has 0 aliphatic carbocycles. The lowest BCUT2D eigenvalue weighted by Gasteiger charge is -2.17. The monoisotopic (exact) mass is 486 g/mol. The van der Waals surface area contributed by atoms with Gasteiger partial charge in [0, 0.05) is 26.7 Å². The third kappa shape index (κ3) is 8.33. The van der Waals surface area contributed by atoms with Gasteiger partial charge in [0.15, 0.2) is 11.5 Å². The number of amides is 2. The lowest BCUT2D eigenvalue weighted by atomic mass is 10.0. The fraction of sp³-hybridized carbons (Fsp3) is 0.360. The summed E-state index contributed by atoms with van der Waals surface area (Å²) in [5.74, 6) is -0.383. The Labute approximate surface area is 203 Å². The predicted octanol–water partition coefficient (Wildman–Crippen LogP) is 1.93. The molecular weight excluding hydrogens is 456 g/mol. The molecule has 2 N–H and O–H groups in total. The highest BCUT2D eigenvalue weighted by atomic mass is 16.5. The van der Waals surface area contributed by atoms with Crippen molar-refractivity contribution >= 4 is 23.8 Å². The molecular formula is C25H30N2O8. The Balaban J connectivity index is 2.19. The molecule has 0 aromatic heterocycles. The van der Waals surface area contributed by atoms with Gasteiger partial charge in [-0.2, -0.15) is 0 Å². The minimum absolute atomic E-state index is 0.198. The second-order valence-electron chi connectivity index (χ2n) is 7.69. The van der Waals surface area contributed by atoms with Gasteiger partial charge >= 0.3 is 11.9 Å². The van der Waals surface area contributed by atoms with Crippen LogP contribution in [0.5, 0.6) is 17.2 Å². The molecule has 10 nitrogen and oxygen atoms in total. The Morgan fingerprint density at radius 1 is 0.714 bits per heavy atom. The van der Waals surface area contributed by atoms with E-state index in [9.17, 15) is 19.2 Å². The van der Waals surface area contributed by atoms with Crippen molar-refractivity contribution in [3.05, 3.63) is 53.6 Å². The summed E-state index contributed by atoms with van der Waals surface area (Å²) >= 11 is 0. The molecule has 0 saturated heterocycles. The topological polar surface area (TPSA) is 129 Å². The standard InChI is InChI=1S/C25H30N2O8/c1-15(28)26-20(24(30)33-4)12-17-6-9-19(10-7-17)35-23-14-18(8-11-22(23)32-3)13-21(25(31)34-5)27-16(2)29/h6-11,14,20-21H,12-13H2,1-5H3,(H,26,28)(H,27,29)/t20-,21-/m1/s1. The van der Waals surface area contributed by atoms with Crippen molar-refractivity contribution in [2.75, 3.05) is 21.3 Å². The van der Waals surface area contributed by atoms with Crippen LogP contribution in [-0.2, 0) is 41.5 Å². The second kappa shape index (κ2) is 13.0. The zero-order chi connectivity index (χ0) is 26.0. The molecule has 0 fully saturated rings. The first kappa shape index (κ1) is 27.2. The van der Waals surface area contributed by atoms with E-state index in [2.05, 4.69) is 10.6 Å². The average Bonchev–Trinajstić information content (AvgIpc) is 2.83. The number of carbonyl (C=O) groups excluding carboxylic acids is 4. The Kier molecular flexibility index (Phi) is 10.1. The fourth-order valence-electron chi connectivity index (χ4n) is 3.38. The SMILES string of the molecule is COC(=O)[C@@H](Cc1ccc(Oc2cc(C[C@@H](NC(C)=O)C(=O)OC)ccc2OC)cc1)NC(C)=O. The van der Waals surface area contributed by atoms with Crippen LogP contribution in [-0.4, -0.2) is 57.2 Å². The molecule has 0 aliphatic heterocycles. The summed E-state index contributed by atoms with van der Waals surface area (Å²) in [4.78, 5) is 46.8. The minimum Gasteiger partial charge on any atom is -0.493 e. The molecule has 0 bridgehead atoms. The Bertz CT molecular complexity index is 1050. The van der Waals surface area contributed by atoms with Crippen molar-refractivity contribution in [1.82, 2.24) is 10.6 Å². The van der Waals surface area contributed by atoms with Crippen molar-refractivity contribution in [3.8, 4) is 17.2 Å². The van der Waals surface area contributed by atoms with Crippen LogP contribution in [0.1, 0.15) is 25.0 Å². The number of nitrogens with one attached hydrogen (secondary N) is 2. The first-order valence-corrected chi connectivity index (χ1v) is 10.8. The number of ether oxygens (including phenoxy) is 4. The predicted molar refractivity (Wildman–Crippen MR) is 126 cm³/mol. The Hall–Kier alpha value is -4.08. The fourth-order valence-corrected chi connectivity index (χ4v) is 3.38. The molecule has 0 heterocycles. The van der Waals surface area contributed by atoms with Crippen molar-refractivity contribution in [2.24, 2.45) is 0 Å². The lowest BCUT2D eigenvalue weighted by molar-refractivity contribution is -0.145. The molecule has 0 saturated carbocycles. The maximum atomic E-state index is 12.0. The highest BCUT2D eigenvalue weighted by Crippen LogP contribution is 2.33. The number of carbonyl (C=O) groups is 4. The van der Waals surface area contributed by atoms with Crippen LogP contribution in [0, 0.1) is 0 Å². The third-order valence-corrected chi connectivity index (χ3v) is 4.99. The summed E-state index contributed by atoms with van der Waals surface area (Å²) in [6.07, 6.45) is 0.451. The van der Waals surface area contributed by atoms with E-state index in [0.717, 1.165) is 11.1 Å². The number of methoxy groups -OCH3 is 3. The van der Waals surface area contributed by atoms with E-state index >= 15 is 0 Å². The van der Waals surface area contributed by atoms with E-state index in [4.69, 9.17) is 18.9 Å². The second-order valence-corrected chi connectivity index (χ2v) is 7.69. The minimum atomic E-state index is -0.843. The van der Waals surface area contributed by atoms with Gasteiger partial charge in [0.05, 0.1) is 21.3 Å². The molecule has 188 valence electrons. The smallest absolute Gasteiger partial charge is 0.328 e. The van der Waals surface area contributed by atoms with Crippen molar-refractivity contribution < 1.29 is 38.1 Å². The van der Waals surface area contributed by atoms with Crippen LogP contribution in [0.15, 0.2) is 42.5 Å². The molecule has 2 rings (SSSR count). The average molecular weight is 487 g/mol. The van der Waals surface area contributed by atoms with Crippen LogP contribution in [0.3, 0.4) is 0 Å². The summed E-state index contributed by atoms with van der Waals surface area (Å²) < 4.78 is 20.9. The zero-order valence-electron chi connectivity index (χ0n) is 20.4. The number of hydrogen-bond acceptors (Lipinski definition) is 8. The highest BCUT2D eigenvalue weighted by Gasteiger charge is 2.22. The van der Waals surface area contributed by atoms with Gasteiger partial charge in [-0.1, -0.05) is 18.2 Å². The van der Waals surface area contributed by atoms with E-state index in [1.807, 2.05) is 0 Å². The third-order valence-electron chi connectivity index (χ3n) is 4.99. The van der Waals surface area contributed by atoms with Crippen LogP contribution < -0.4 is 20.1 Å². The largest absolute Gasteiger partial charge is 0.493 e. The van der Waals surface area contributed by atoms with Gasteiger partial charge in [0.25, 0.3) is 0 Å². The van der Waals surface area contributed by atoms with Crippen molar-refractivity contribution in [2.45, 2.75) is 38.8 Å². The quantitative estimate of drug-likeness (QED) is 0.461. The summed E-state index contributed by atoms with van der Waals surface area (Å²) in [7, 11) is 4.03. The van der Waals surface area contributed by atoms with Crippen LogP contribution >= 0.6 is 0 Å². The normalized spacial score (nSPS) is 12.0. The summed E-state index contributed by atoms with van der Waals surface area (Å²) in [6.45, 7) is 2.66. The van der Waals surface area contributed by atoms with Gasteiger partial charge in [-0.25, -0.2) is 9.59 Å². The van der Waals surface area contributed by atoms with E-state index in [1.54, 1.807) is 42.5 Å². The molecule has 35 heavy (non-hydrogen) atoms. The number of hydrogen-bond donors (Lipinski definition) is 2. The van der Waals surface area contributed by atoms with E-state index in [0.29, 0.717) is 17.2 Å². The van der Waals surface area contributed by atoms with E-state index in [1.165, 1.54) is 35.2 Å². The molecule has 2 aromatic rings. The van der Waals surface area contributed by atoms with Gasteiger partial charge in [0.1, 0.15) is 17.8 Å². The Morgan fingerprint density at radius 3 is 1.66 bits per heavy atom. The molecule has 2 amide bonds. The maximum Gasteiger partial charge on any atom is 0.328 e. The van der Waals surface area contributed by atoms with Gasteiger partial charge in [-0.05, 0) is 35.4 Å². The van der Waals surface area contributed by atoms with E-state index in [-0.39, 0.29) is 24.7 Å².